The summed E-state index contributed by atoms with van der Waals surface area (Å²) in [4.78, 5) is 25.7. The Morgan fingerprint density at radius 3 is 2.91 bits per heavy atom. The van der Waals surface area contributed by atoms with Gasteiger partial charge in [0.25, 0.3) is 5.91 Å². The fourth-order valence-electron chi connectivity index (χ4n) is 2.82. The van der Waals surface area contributed by atoms with Crippen LogP contribution in [-0.4, -0.2) is 43.4 Å². The third-order valence-corrected chi connectivity index (χ3v) is 3.85. The van der Waals surface area contributed by atoms with Gasteiger partial charge in [-0.1, -0.05) is 35.6 Å². The topological polar surface area (TPSA) is 88.3 Å². The lowest BCUT2D eigenvalue weighted by Crippen LogP contribution is -2.43. The molecule has 2 heterocycles. The number of carboxylic acids is 1. The van der Waals surface area contributed by atoms with Crippen LogP contribution in [-0.2, 0) is 17.8 Å². The highest BCUT2D eigenvalue weighted by Crippen LogP contribution is 2.30. The van der Waals surface area contributed by atoms with E-state index in [1.54, 1.807) is 18.2 Å². The lowest BCUT2D eigenvalue weighted by Gasteiger charge is -2.34. The number of benzene rings is 1. The van der Waals surface area contributed by atoms with Crippen molar-refractivity contribution in [1.29, 1.82) is 0 Å². The minimum atomic E-state index is -1.05. The first-order chi connectivity index (χ1) is 11.1. The molecule has 0 fully saturated rings. The summed E-state index contributed by atoms with van der Waals surface area (Å²) in [5, 5.41) is 17.3. The number of carbonyl (C=O) groups is 2. The van der Waals surface area contributed by atoms with Crippen LogP contribution in [0.1, 0.15) is 27.7 Å². The molecule has 0 saturated heterocycles. The first kappa shape index (κ1) is 15.0. The van der Waals surface area contributed by atoms with E-state index in [1.807, 2.05) is 12.1 Å². The van der Waals surface area contributed by atoms with Crippen molar-refractivity contribution in [2.24, 2.45) is 0 Å². The molecule has 0 aliphatic carbocycles. The van der Waals surface area contributed by atoms with E-state index in [2.05, 4.69) is 16.9 Å². The highest BCUT2D eigenvalue weighted by atomic mass is 16.4. The molecule has 1 aliphatic heterocycles. The Labute approximate surface area is 132 Å². The van der Waals surface area contributed by atoms with Gasteiger partial charge < -0.3 is 10.0 Å². The van der Waals surface area contributed by atoms with E-state index in [0.29, 0.717) is 25.1 Å². The first-order valence-corrected chi connectivity index (χ1v) is 7.24. The van der Waals surface area contributed by atoms with Crippen molar-refractivity contribution in [2.75, 3.05) is 6.54 Å². The van der Waals surface area contributed by atoms with Crippen LogP contribution in [0.2, 0.25) is 0 Å². The molecule has 1 aromatic carbocycles. The number of fused-ring (bicyclic) bond motifs is 1. The Balaban J connectivity index is 1.93. The maximum atomic E-state index is 12.7. The average molecular weight is 312 g/mol. The molecule has 1 aliphatic rings. The van der Waals surface area contributed by atoms with Crippen LogP contribution in [0, 0.1) is 0 Å². The molecule has 0 radical (unpaired) electrons. The van der Waals surface area contributed by atoms with Gasteiger partial charge in [-0.05, 0) is 17.5 Å². The van der Waals surface area contributed by atoms with Gasteiger partial charge in [0, 0.05) is 6.54 Å². The maximum Gasteiger partial charge on any atom is 0.331 e. The molecule has 2 aromatic rings. The maximum absolute atomic E-state index is 12.7. The average Bonchev–Trinajstić information content (AvgIpc) is 3.02. The predicted octanol–water partition coefficient (Wildman–Crippen LogP) is 1.29. The van der Waals surface area contributed by atoms with Crippen molar-refractivity contribution in [1.82, 2.24) is 19.9 Å². The molecule has 0 spiro atoms. The molecule has 23 heavy (non-hydrogen) atoms. The van der Waals surface area contributed by atoms with Crippen LogP contribution in [0.15, 0.2) is 43.1 Å². The Bertz CT molecular complexity index is 768. The molecule has 1 amide bonds. The molecule has 0 saturated carbocycles. The second kappa shape index (κ2) is 6.04. The number of carbonyl (C=O) groups excluding carboxylic acids is 1. The minimum absolute atomic E-state index is 0.137. The van der Waals surface area contributed by atoms with E-state index in [4.69, 9.17) is 0 Å². The van der Waals surface area contributed by atoms with Crippen molar-refractivity contribution in [2.45, 2.75) is 19.0 Å². The van der Waals surface area contributed by atoms with E-state index in [0.717, 1.165) is 5.56 Å². The predicted molar refractivity (Wildman–Crippen MR) is 81.8 cm³/mol. The number of hydrogen-bond acceptors (Lipinski definition) is 4. The van der Waals surface area contributed by atoms with Gasteiger partial charge in [-0.2, -0.15) is 0 Å². The Morgan fingerprint density at radius 1 is 1.39 bits per heavy atom. The standard InChI is InChI=1S/C16H16N4O3/c1-2-8-19-10-13(17-18-19)15(21)20-9-7-11-5-3-4-6-12(11)14(20)16(22)23/h2-6,10,14H,1,7-9H2,(H,22,23). The number of rotatable bonds is 4. The van der Waals surface area contributed by atoms with Crippen molar-refractivity contribution in [3.63, 3.8) is 0 Å². The molecule has 1 atom stereocenters. The van der Waals surface area contributed by atoms with Crippen molar-refractivity contribution < 1.29 is 14.7 Å². The molecule has 1 aromatic heterocycles. The summed E-state index contributed by atoms with van der Waals surface area (Å²) in [5.41, 5.74) is 1.75. The normalized spacial score (nSPS) is 16.7. The lowest BCUT2D eigenvalue weighted by atomic mass is 9.92. The second-order valence-electron chi connectivity index (χ2n) is 5.30. The fourth-order valence-corrected chi connectivity index (χ4v) is 2.82. The van der Waals surface area contributed by atoms with Gasteiger partial charge in [0.15, 0.2) is 11.7 Å². The quantitative estimate of drug-likeness (QED) is 0.859. The van der Waals surface area contributed by atoms with E-state index < -0.39 is 17.9 Å². The zero-order valence-electron chi connectivity index (χ0n) is 12.4. The summed E-state index contributed by atoms with van der Waals surface area (Å²) in [6.45, 7) is 4.37. The molecule has 118 valence electrons. The largest absolute Gasteiger partial charge is 0.479 e. The molecular weight excluding hydrogens is 296 g/mol. The minimum Gasteiger partial charge on any atom is -0.479 e. The summed E-state index contributed by atoms with van der Waals surface area (Å²) in [7, 11) is 0. The zero-order valence-corrected chi connectivity index (χ0v) is 12.4. The Hall–Kier alpha value is -2.96. The number of nitrogens with zero attached hydrogens (tertiary/aromatic N) is 4. The number of hydrogen-bond donors (Lipinski definition) is 1. The number of allylic oxidation sites excluding steroid dienone is 1. The van der Waals surface area contributed by atoms with Crippen LogP contribution in [0.5, 0.6) is 0 Å². The molecule has 7 heteroatoms. The Morgan fingerprint density at radius 2 is 2.17 bits per heavy atom. The van der Waals surface area contributed by atoms with Gasteiger partial charge in [-0.15, -0.1) is 11.7 Å². The van der Waals surface area contributed by atoms with E-state index in [1.165, 1.54) is 15.8 Å². The first-order valence-electron chi connectivity index (χ1n) is 7.24. The molecule has 1 N–H and O–H groups in total. The monoisotopic (exact) mass is 312 g/mol. The SMILES string of the molecule is C=CCn1cc(C(=O)N2CCc3ccccc3C2C(=O)O)nn1. The lowest BCUT2D eigenvalue weighted by molar-refractivity contribution is -0.143. The molecule has 7 nitrogen and oxygen atoms in total. The smallest absolute Gasteiger partial charge is 0.331 e. The van der Waals surface area contributed by atoms with Gasteiger partial charge in [-0.25, -0.2) is 9.48 Å². The zero-order chi connectivity index (χ0) is 16.4. The molecule has 1 unspecified atom stereocenters. The van der Waals surface area contributed by atoms with Gasteiger partial charge in [0.05, 0.1) is 12.7 Å². The van der Waals surface area contributed by atoms with Crippen LogP contribution in [0.3, 0.4) is 0 Å². The van der Waals surface area contributed by atoms with Crippen molar-refractivity contribution >= 4 is 11.9 Å². The molecule has 0 bridgehead atoms. The summed E-state index contributed by atoms with van der Waals surface area (Å²) >= 11 is 0. The number of amides is 1. The molecular formula is C16H16N4O3. The molecule has 3 rings (SSSR count). The van der Waals surface area contributed by atoms with E-state index in [-0.39, 0.29) is 5.69 Å². The number of aromatic nitrogens is 3. The van der Waals surface area contributed by atoms with Crippen LogP contribution < -0.4 is 0 Å². The summed E-state index contributed by atoms with van der Waals surface area (Å²) in [5.74, 6) is -1.48. The fraction of sp³-hybridized carbons (Fsp3) is 0.250. The highest BCUT2D eigenvalue weighted by Gasteiger charge is 2.36. The number of carboxylic acid groups (broad SMARTS) is 1. The van der Waals surface area contributed by atoms with Crippen LogP contribution >= 0.6 is 0 Å². The van der Waals surface area contributed by atoms with Gasteiger partial charge in [-0.3, -0.25) is 4.79 Å². The summed E-state index contributed by atoms with van der Waals surface area (Å²) in [6.07, 6.45) is 3.76. The Kier molecular flexibility index (Phi) is 3.92. The van der Waals surface area contributed by atoms with Crippen LogP contribution in [0.25, 0.3) is 0 Å². The van der Waals surface area contributed by atoms with E-state index >= 15 is 0 Å². The summed E-state index contributed by atoms with van der Waals surface area (Å²) in [6, 6.07) is 6.30. The number of aliphatic carboxylic acids is 1. The highest BCUT2D eigenvalue weighted by molar-refractivity contribution is 5.95. The van der Waals surface area contributed by atoms with Crippen LogP contribution in [0.4, 0.5) is 0 Å². The van der Waals surface area contributed by atoms with Gasteiger partial charge in [0.2, 0.25) is 0 Å². The summed E-state index contributed by atoms with van der Waals surface area (Å²) < 4.78 is 1.48. The third-order valence-electron chi connectivity index (χ3n) is 3.85. The van der Waals surface area contributed by atoms with E-state index in [9.17, 15) is 14.7 Å². The van der Waals surface area contributed by atoms with Crippen molar-refractivity contribution in [3.05, 3.63) is 59.9 Å². The van der Waals surface area contributed by atoms with Gasteiger partial charge >= 0.3 is 5.97 Å². The van der Waals surface area contributed by atoms with Gasteiger partial charge in [0.1, 0.15) is 0 Å². The van der Waals surface area contributed by atoms with Crippen molar-refractivity contribution in [3.8, 4) is 0 Å². The third kappa shape index (κ3) is 2.73. The second-order valence-corrected chi connectivity index (χ2v) is 5.30.